The number of fused-ring (bicyclic) bond motifs is 1. The minimum atomic E-state index is -0.666. The normalized spacial score (nSPS) is 19.1. The summed E-state index contributed by atoms with van der Waals surface area (Å²) in [6.07, 6.45) is 3.26. The molecule has 1 aromatic carbocycles. The van der Waals surface area contributed by atoms with Gasteiger partial charge in [-0.1, -0.05) is 6.07 Å². The number of pyridine rings is 1. The third-order valence-corrected chi connectivity index (χ3v) is 8.01. The van der Waals surface area contributed by atoms with Crippen molar-refractivity contribution in [2.45, 2.75) is 45.4 Å². The van der Waals surface area contributed by atoms with Crippen LogP contribution in [-0.4, -0.2) is 85.9 Å². The van der Waals surface area contributed by atoms with Crippen molar-refractivity contribution in [3.8, 4) is 11.3 Å². The van der Waals surface area contributed by atoms with E-state index in [2.05, 4.69) is 30.2 Å². The Kier molecular flexibility index (Phi) is 7.69. The first-order valence-corrected chi connectivity index (χ1v) is 14.3. The average Bonchev–Trinajstić information content (AvgIpc) is 3.55. The number of anilines is 2. The van der Waals surface area contributed by atoms with Gasteiger partial charge in [-0.2, -0.15) is 0 Å². The first kappa shape index (κ1) is 28.9. The lowest BCUT2D eigenvalue weighted by atomic mass is 10.0. The maximum Gasteiger partial charge on any atom is 0.409 e. The number of aryl methyl sites for hydroxylation is 1. The zero-order chi connectivity index (χ0) is 30.3. The molecule has 6 rings (SSSR count). The number of methoxy groups -OCH3 is 1. The van der Waals surface area contributed by atoms with E-state index < -0.39 is 11.6 Å². The predicted octanol–water partition coefficient (Wildman–Crippen LogP) is 4.84. The third-order valence-electron chi connectivity index (χ3n) is 8.01. The molecule has 0 saturated carbocycles. The molecule has 2 saturated heterocycles. The number of morpholine rings is 1. The molecule has 2 aliphatic rings. The monoisotopic (exact) mass is 592 g/mol. The van der Waals surface area contributed by atoms with Gasteiger partial charge in [0.15, 0.2) is 11.6 Å². The molecule has 11 nitrogen and oxygen atoms in total. The fourth-order valence-electron chi connectivity index (χ4n) is 6.09. The highest BCUT2D eigenvalue weighted by atomic mass is 19.1. The Morgan fingerprint density at radius 2 is 1.95 bits per heavy atom. The molecule has 0 aliphatic carbocycles. The van der Waals surface area contributed by atoms with Gasteiger partial charge < -0.3 is 24.3 Å². The molecular weight excluding hydrogens is 558 g/mol. The maximum absolute atomic E-state index is 15.0. The average molecular weight is 593 g/mol. The van der Waals surface area contributed by atoms with Gasteiger partial charge in [-0.05, 0) is 51.0 Å². The molecule has 0 unspecified atom stereocenters. The van der Waals surface area contributed by atoms with Crippen LogP contribution in [0.4, 0.5) is 25.3 Å². The van der Waals surface area contributed by atoms with Gasteiger partial charge in [-0.3, -0.25) is 4.90 Å². The van der Waals surface area contributed by atoms with Crippen LogP contribution in [0.15, 0.2) is 36.7 Å². The van der Waals surface area contributed by atoms with E-state index in [1.807, 2.05) is 37.5 Å². The highest BCUT2D eigenvalue weighted by Gasteiger charge is 2.44. The lowest BCUT2D eigenvalue weighted by Crippen LogP contribution is -2.53. The van der Waals surface area contributed by atoms with Gasteiger partial charge in [0, 0.05) is 44.0 Å². The number of aromatic nitrogens is 5. The molecule has 2 aliphatic heterocycles. The Hall–Kier alpha value is -4.23. The Balaban J connectivity index is 1.15. The molecule has 2 fully saturated rings. The fraction of sp³-hybridized carbons (Fsp3) is 0.433. The minimum absolute atomic E-state index is 0.0250. The molecule has 1 atom stereocenters. The topological polar surface area (TPSA) is 111 Å². The van der Waals surface area contributed by atoms with Crippen LogP contribution in [0.25, 0.3) is 22.3 Å². The lowest BCUT2D eigenvalue weighted by molar-refractivity contribution is -0.102. The number of ether oxygens (including phenoxy) is 2. The summed E-state index contributed by atoms with van der Waals surface area (Å²) in [6, 6.07) is 6.76. The maximum atomic E-state index is 15.0. The molecule has 1 spiro atoms. The Labute approximate surface area is 247 Å². The van der Waals surface area contributed by atoms with E-state index >= 15 is 4.39 Å². The zero-order valence-corrected chi connectivity index (χ0v) is 24.6. The molecule has 3 aromatic heterocycles. The predicted molar refractivity (Wildman–Crippen MR) is 156 cm³/mol. The summed E-state index contributed by atoms with van der Waals surface area (Å²) < 4.78 is 42.8. The smallest absolute Gasteiger partial charge is 0.409 e. The standard InChI is InChI=1S/C30H34F2N8O3/c1-18(2)40-19(3)35-27-22(31)11-21(12-24(27)40)26-23(32)14-34-28(37-26)36-25-6-5-20(13-33-25)15-38-9-10-43-30(16-38)7-8-39(17-30)29(41)42-4/h5-6,11-14,18H,7-10,15-17H2,1-4H3,(H,33,34,36,37)/t30-/m1/s1. The van der Waals surface area contributed by atoms with Gasteiger partial charge in [0.2, 0.25) is 5.95 Å². The van der Waals surface area contributed by atoms with Crippen molar-refractivity contribution in [1.29, 1.82) is 0 Å². The number of rotatable bonds is 6. The van der Waals surface area contributed by atoms with Crippen LogP contribution in [0.1, 0.15) is 37.7 Å². The Morgan fingerprint density at radius 1 is 1.12 bits per heavy atom. The second kappa shape index (κ2) is 11.5. The third kappa shape index (κ3) is 5.74. The first-order valence-electron chi connectivity index (χ1n) is 14.3. The van der Waals surface area contributed by atoms with Gasteiger partial charge >= 0.3 is 6.09 Å². The molecular formula is C30H34F2N8O3. The quantitative estimate of drug-likeness (QED) is 0.336. The van der Waals surface area contributed by atoms with Crippen molar-refractivity contribution < 1.29 is 23.0 Å². The number of hydrogen-bond donors (Lipinski definition) is 1. The number of hydrogen-bond acceptors (Lipinski definition) is 9. The van der Waals surface area contributed by atoms with E-state index in [0.29, 0.717) is 55.5 Å². The number of likely N-dealkylation sites (tertiary alicyclic amines) is 1. The van der Waals surface area contributed by atoms with E-state index in [9.17, 15) is 9.18 Å². The van der Waals surface area contributed by atoms with E-state index in [4.69, 9.17) is 9.47 Å². The summed E-state index contributed by atoms with van der Waals surface area (Å²) in [5.74, 6) is 0.0921. The van der Waals surface area contributed by atoms with E-state index in [1.54, 1.807) is 17.2 Å². The second-order valence-electron chi connectivity index (χ2n) is 11.4. The first-order chi connectivity index (χ1) is 20.6. The highest BCUT2D eigenvalue weighted by Crippen LogP contribution is 2.32. The summed E-state index contributed by atoms with van der Waals surface area (Å²) in [7, 11) is 1.39. The van der Waals surface area contributed by atoms with Gasteiger partial charge in [0.1, 0.15) is 28.5 Å². The number of benzene rings is 1. The van der Waals surface area contributed by atoms with Gasteiger partial charge in [-0.25, -0.2) is 33.5 Å². The summed E-state index contributed by atoms with van der Waals surface area (Å²) in [6.45, 7) is 9.65. The largest absolute Gasteiger partial charge is 0.453 e. The highest BCUT2D eigenvalue weighted by molar-refractivity contribution is 5.83. The number of imidazole rings is 1. The van der Waals surface area contributed by atoms with Crippen molar-refractivity contribution in [2.75, 3.05) is 45.2 Å². The Bertz CT molecular complexity index is 1660. The van der Waals surface area contributed by atoms with Crippen LogP contribution in [0, 0.1) is 18.6 Å². The van der Waals surface area contributed by atoms with Gasteiger partial charge in [-0.15, -0.1) is 0 Å². The van der Waals surface area contributed by atoms with Crippen molar-refractivity contribution >= 4 is 28.9 Å². The zero-order valence-electron chi connectivity index (χ0n) is 24.6. The van der Waals surface area contributed by atoms with Crippen LogP contribution in [0.2, 0.25) is 0 Å². The van der Waals surface area contributed by atoms with Gasteiger partial charge in [0.25, 0.3) is 0 Å². The van der Waals surface area contributed by atoms with Crippen LogP contribution in [0.3, 0.4) is 0 Å². The summed E-state index contributed by atoms with van der Waals surface area (Å²) in [5, 5.41) is 3.02. The number of halogens is 2. The second-order valence-corrected chi connectivity index (χ2v) is 11.4. The van der Waals surface area contributed by atoms with E-state index in [-0.39, 0.29) is 34.9 Å². The molecule has 1 N–H and O–H groups in total. The van der Waals surface area contributed by atoms with Crippen molar-refractivity contribution in [2.24, 2.45) is 0 Å². The molecule has 0 radical (unpaired) electrons. The molecule has 0 bridgehead atoms. The van der Waals surface area contributed by atoms with Crippen LogP contribution < -0.4 is 5.32 Å². The van der Waals surface area contributed by atoms with Crippen molar-refractivity contribution in [1.82, 2.24) is 34.3 Å². The Morgan fingerprint density at radius 3 is 2.70 bits per heavy atom. The molecule has 4 aromatic rings. The molecule has 5 heterocycles. The summed E-state index contributed by atoms with van der Waals surface area (Å²) in [4.78, 5) is 33.2. The van der Waals surface area contributed by atoms with Crippen LogP contribution in [-0.2, 0) is 16.0 Å². The lowest BCUT2D eigenvalue weighted by Gasteiger charge is -2.40. The SMILES string of the molecule is COC(=O)N1CC[C@@]2(CN(Cc3ccc(Nc4ncc(F)c(-c5cc(F)c6nc(C)n(C(C)C)c6c5)n4)nc3)CCO2)C1. The van der Waals surface area contributed by atoms with Crippen molar-refractivity contribution in [3.63, 3.8) is 0 Å². The van der Waals surface area contributed by atoms with Crippen LogP contribution >= 0.6 is 0 Å². The number of carbonyl (C=O) groups is 1. The minimum Gasteiger partial charge on any atom is -0.453 e. The molecule has 13 heteroatoms. The summed E-state index contributed by atoms with van der Waals surface area (Å²) >= 11 is 0. The van der Waals surface area contributed by atoms with E-state index in [1.165, 1.54) is 13.2 Å². The van der Waals surface area contributed by atoms with Crippen molar-refractivity contribution in [3.05, 3.63) is 59.7 Å². The van der Waals surface area contributed by atoms with Crippen LogP contribution in [0.5, 0.6) is 0 Å². The molecule has 226 valence electrons. The number of nitrogens with zero attached hydrogens (tertiary/aromatic N) is 7. The summed E-state index contributed by atoms with van der Waals surface area (Å²) in [5.41, 5.74) is 1.70. The van der Waals surface area contributed by atoms with E-state index in [0.717, 1.165) is 24.7 Å². The molecule has 1 amide bonds. The number of amides is 1. The molecule has 43 heavy (non-hydrogen) atoms. The number of nitrogens with one attached hydrogen (secondary N) is 1. The number of carbonyl (C=O) groups excluding carboxylic acids is 1. The fourth-order valence-corrected chi connectivity index (χ4v) is 6.09. The van der Waals surface area contributed by atoms with Gasteiger partial charge in [0.05, 0.1) is 32.0 Å².